The predicted molar refractivity (Wildman–Crippen MR) is 83.1 cm³/mol. The number of benzene rings is 1. The third-order valence-electron chi connectivity index (χ3n) is 2.56. The van der Waals surface area contributed by atoms with Crippen LogP contribution >= 0.6 is 43.5 Å². The zero-order valence-corrected chi connectivity index (χ0v) is 13.6. The molecule has 2 rings (SSSR count). The monoisotopic (exact) mass is 388 g/mol. The van der Waals surface area contributed by atoms with Crippen LogP contribution in [0.4, 0.5) is 5.69 Å². The van der Waals surface area contributed by atoms with Gasteiger partial charge < -0.3 is 5.32 Å². The lowest BCUT2D eigenvalue weighted by Crippen LogP contribution is -2.08. The van der Waals surface area contributed by atoms with Gasteiger partial charge >= 0.3 is 0 Å². The van der Waals surface area contributed by atoms with Gasteiger partial charge in [0.2, 0.25) is 0 Å². The number of hydrogen-bond donors (Lipinski definition) is 1. The van der Waals surface area contributed by atoms with Crippen LogP contribution in [0.15, 0.2) is 45.6 Å². The van der Waals surface area contributed by atoms with Crippen molar-refractivity contribution in [3.8, 4) is 0 Å². The average Bonchev–Trinajstić information content (AvgIpc) is 2.32. The molecule has 0 spiro atoms. The number of aromatic nitrogens is 1. The third kappa shape index (κ3) is 3.25. The third-order valence-corrected chi connectivity index (χ3v) is 4.01. The highest BCUT2D eigenvalue weighted by molar-refractivity contribution is 9.10. The Labute approximate surface area is 128 Å². The highest BCUT2D eigenvalue weighted by Gasteiger charge is 2.11. The summed E-state index contributed by atoms with van der Waals surface area (Å²) in [5.74, 6) is 0. The summed E-state index contributed by atoms with van der Waals surface area (Å²) >= 11 is 13.0. The van der Waals surface area contributed by atoms with E-state index >= 15 is 0 Å². The van der Waals surface area contributed by atoms with E-state index in [1.54, 1.807) is 6.20 Å². The lowest BCUT2D eigenvalue weighted by Gasteiger charge is -2.17. The Morgan fingerprint density at radius 2 is 2.06 bits per heavy atom. The van der Waals surface area contributed by atoms with Crippen molar-refractivity contribution in [2.45, 2.75) is 13.0 Å². The second kappa shape index (κ2) is 6.04. The first-order chi connectivity index (χ1) is 8.58. The van der Waals surface area contributed by atoms with Gasteiger partial charge in [0.15, 0.2) is 0 Å². The van der Waals surface area contributed by atoms with Crippen molar-refractivity contribution in [1.29, 1.82) is 0 Å². The van der Waals surface area contributed by atoms with Crippen LogP contribution in [0.3, 0.4) is 0 Å². The van der Waals surface area contributed by atoms with Gasteiger partial charge in [0, 0.05) is 15.7 Å². The molecule has 1 heterocycles. The molecule has 0 radical (unpaired) electrons. The molecule has 0 amide bonds. The fraction of sp³-hybridized carbons (Fsp3) is 0.154. The van der Waals surface area contributed by atoms with E-state index in [-0.39, 0.29) is 6.04 Å². The first-order valence-corrected chi connectivity index (χ1v) is 7.36. The molecule has 1 aromatic heterocycles. The maximum absolute atomic E-state index is 6.23. The molecular weight excluding hydrogens is 379 g/mol. The molecule has 1 aromatic carbocycles. The van der Waals surface area contributed by atoms with Crippen LogP contribution in [-0.4, -0.2) is 4.98 Å². The maximum atomic E-state index is 6.23. The van der Waals surface area contributed by atoms with E-state index in [0.717, 1.165) is 25.3 Å². The molecule has 18 heavy (non-hydrogen) atoms. The molecule has 0 fully saturated rings. The second-order valence-corrected chi connectivity index (χ2v) is 5.95. The Bertz CT molecular complexity index is 560. The van der Waals surface area contributed by atoms with E-state index in [2.05, 4.69) is 49.1 Å². The zero-order chi connectivity index (χ0) is 13.1. The summed E-state index contributed by atoms with van der Waals surface area (Å²) in [5.41, 5.74) is 2.00. The quantitative estimate of drug-likeness (QED) is 0.707. The smallest absolute Gasteiger partial charge is 0.129 e. The van der Waals surface area contributed by atoms with Crippen LogP contribution in [0.1, 0.15) is 18.5 Å². The molecule has 94 valence electrons. The van der Waals surface area contributed by atoms with Gasteiger partial charge in [-0.1, -0.05) is 33.6 Å². The Balaban J connectivity index is 2.22. The number of nitrogens with zero attached hydrogens (tertiary/aromatic N) is 1. The first-order valence-electron chi connectivity index (χ1n) is 5.40. The van der Waals surface area contributed by atoms with Crippen molar-refractivity contribution >= 4 is 49.1 Å². The van der Waals surface area contributed by atoms with Gasteiger partial charge in [0.25, 0.3) is 0 Å². The first kappa shape index (κ1) is 13.8. The largest absolute Gasteiger partial charge is 0.376 e. The summed E-state index contributed by atoms with van der Waals surface area (Å²) in [5, 5.41) is 4.12. The van der Waals surface area contributed by atoms with E-state index in [1.165, 1.54) is 0 Å². The molecule has 2 aromatic rings. The minimum atomic E-state index is 0.103. The molecule has 0 bridgehead atoms. The van der Waals surface area contributed by atoms with Crippen LogP contribution in [-0.2, 0) is 0 Å². The molecule has 0 saturated heterocycles. The standard InChI is InChI=1S/C13H11Br2ClN2/c1-8(10-5-4-9(14)7-11(10)16)18-12-3-2-6-17-13(12)15/h2-8,18H,1H3. The van der Waals surface area contributed by atoms with Gasteiger partial charge in [-0.2, -0.15) is 0 Å². The SMILES string of the molecule is CC(Nc1cccnc1Br)c1ccc(Br)cc1Cl. The highest BCUT2D eigenvalue weighted by atomic mass is 79.9. The molecule has 5 heteroatoms. The zero-order valence-electron chi connectivity index (χ0n) is 9.62. The summed E-state index contributed by atoms with van der Waals surface area (Å²) in [7, 11) is 0. The number of anilines is 1. The molecule has 1 N–H and O–H groups in total. The fourth-order valence-corrected chi connectivity index (χ4v) is 2.86. The number of hydrogen-bond acceptors (Lipinski definition) is 2. The van der Waals surface area contributed by atoms with Crippen molar-refractivity contribution in [3.63, 3.8) is 0 Å². The molecule has 0 aliphatic rings. The normalized spacial score (nSPS) is 12.2. The minimum absolute atomic E-state index is 0.103. The maximum Gasteiger partial charge on any atom is 0.129 e. The molecule has 1 atom stereocenters. The van der Waals surface area contributed by atoms with Crippen molar-refractivity contribution in [2.24, 2.45) is 0 Å². The molecule has 0 aliphatic heterocycles. The minimum Gasteiger partial charge on any atom is -0.376 e. The second-order valence-electron chi connectivity index (χ2n) is 3.87. The van der Waals surface area contributed by atoms with Crippen molar-refractivity contribution in [1.82, 2.24) is 4.98 Å². The van der Waals surface area contributed by atoms with Crippen molar-refractivity contribution in [2.75, 3.05) is 5.32 Å². The van der Waals surface area contributed by atoms with E-state index in [9.17, 15) is 0 Å². The summed E-state index contributed by atoms with van der Waals surface area (Å²) in [6.07, 6.45) is 1.74. The van der Waals surface area contributed by atoms with Crippen LogP contribution in [0.5, 0.6) is 0 Å². The lowest BCUT2D eigenvalue weighted by molar-refractivity contribution is 0.881. The van der Waals surface area contributed by atoms with Gasteiger partial charge in [0.05, 0.1) is 11.7 Å². The van der Waals surface area contributed by atoms with Crippen LogP contribution in [0.25, 0.3) is 0 Å². The fourth-order valence-electron chi connectivity index (χ4n) is 1.66. The van der Waals surface area contributed by atoms with Gasteiger partial charge in [-0.05, 0) is 52.7 Å². The van der Waals surface area contributed by atoms with E-state index < -0.39 is 0 Å². The topological polar surface area (TPSA) is 24.9 Å². The number of rotatable bonds is 3. The summed E-state index contributed by atoms with van der Waals surface area (Å²) in [6, 6.07) is 9.86. The van der Waals surface area contributed by atoms with Gasteiger partial charge in [0.1, 0.15) is 4.60 Å². The van der Waals surface area contributed by atoms with Crippen LogP contribution in [0, 0.1) is 0 Å². The van der Waals surface area contributed by atoms with Crippen LogP contribution < -0.4 is 5.32 Å². The van der Waals surface area contributed by atoms with E-state index in [1.807, 2.05) is 30.3 Å². The van der Waals surface area contributed by atoms with Crippen molar-refractivity contribution < 1.29 is 0 Å². The summed E-state index contributed by atoms with van der Waals surface area (Å²) in [6.45, 7) is 2.06. The molecule has 2 nitrogen and oxygen atoms in total. The highest BCUT2D eigenvalue weighted by Crippen LogP contribution is 2.30. The van der Waals surface area contributed by atoms with Gasteiger partial charge in [-0.3, -0.25) is 0 Å². The van der Waals surface area contributed by atoms with Crippen LogP contribution in [0.2, 0.25) is 5.02 Å². The Kier molecular flexibility index (Phi) is 4.65. The molecule has 0 saturated carbocycles. The molecule has 0 aliphatic carbocycles. The summed E-state index contributed by atoms with van der Waals surface area (Å²) < 4.78 is 1.77. The predicted octanol–water partition coefficient (Wildman–Crippen LogP) is 5.43. The molecular formula is C13H11Br2ClN2. The molecule has 1 unspecified atom stereocenters. The van der Waals surface area contributed by atoms with E-state index in [0.29, 0.717) is 0 Å². The summed E-state index contributed by atoms with van der Waals surface area (Å²) in [4.78, 5) is 4.18. The van der Waals surface area contributed by atoms with Crippen molar-refractivity contribution in [3.05, 3.63) is 56.2 Å². The van der Waals surface area contributed by atoms with Gasteiger partial charge in [-0.25, -0.2) is 4.98 Å². The Hall–Kier alpha value is -0.580. The number of nitrogens with one attached hydrogen (secondary N) is 1. The number of pyridine rings is 1. The Morgan fingerprint density at radius 1 is 1.28 bits per heavy atom. The Morgan fingerprint density at radius 3 is 2.72 bits per heavy atom. The lowest BCUT2D eigenvalue weighted by atomic mass is 10.1. The van der Waals surface area contributed by atoms with Gasteiger partial charge in [-0.15, -0.1) is 0 Å². The number of halogens is 3. The van der Waals surface area contributed by atoms with E-state index in [4.69, 9.17) is 11.6 Å². The average molecular weight is 391 g/mol.